The molecule has 5 heteroatoms. The molecule has 2 rings (SSSR count). The van der Waals surface area contributed by atoms with E-state index in [1.165, 1.54) is 5.56 Å². The molecule has 19 heavy (non-hydrogen) atoms. The van der Waals surface area contributed by atoms with E-state index < -0.39 is 0 Å². The Hall–Kier alpha value is -1.36. The minimum absolute atomic E-state index is 0.00860. The smallest absolute Gasteiger partial charge is 0.222 e. The van der Waals surface area contributed by atoms with Crippen molar-refractivity contribution in [2.75, 3.05) is 13.1 Å². The lowest BCUT2D eigenvalue weighted by atomic mass is 9.98. The van der Waals surface area contributed by atoms with Gasteiger partial charge in [0.1, 0.15) is 0 Å². The molecule has 2 heterocycles. The number of primary amides is 1. The van der Waals surface area contributed by atoms with Crippen LogP contribution in [0.4, 0.5) is 0 Å². The molecule has 1 fully saturated rings. The lowest BCUT2D eigenvalue weighted by Gasteiger charge is -2.13. The van der Waals surface area contributed by atoms with Crippen molar-refractivity contribution in [1.29, 1.82) is 0 Å². The standard InChI is InChI=1S/C14H24N4O/c1-10(2)5-18-8-12(4-16-18)7-17-6-11(3)13(9-17)14(15)19/h4,8,10-11,13H,5-7,9H2,1-3H3,(H2,15,19)/t11-,13-/m1/s1. The molecule has 106 valence electrons. The van der Waals surface area contributed by atoms with Crippen LogP contribution in [0.1, 0.15) is 26.3 Å². The lowest BCUT2D eigenvalue weighted by Crippen LogP contribution is -2.29. The number of amides is 1. The summed E-state index contributed by atoms with van der Waals surface area (Å²) < 4.78 is 1.99. The van der Waals surface area contributed by atoms with Gasteiger partial charge >= 0.3 is 0 Å². The quantitative estimate of drug-likeness (QED) is 0.866. The highest BCUT2D eigenvalue weighted by atomic mass is 16.1. The van der Waals surface area contributed by atoms with Gasteiger partial charge in [0.05, 0.1) is 12.1 Å². The molecule has 1 saturated heterocycles. The van der Waals surface area contributed by atoms with Gasteiger partial charge in [0, 0.05) is 37.9 Å². The molecular weight excluding hydrogens is 240 g/mol. The van der Waals surface area contributed by atoms with Gasteiger partial charge < -0.3 is 5.73 Å². The predicted molar refractivity (Wildman–Crippen MR) is 74.2 cm³/mol. The number of hydrogen-bond acceptors (Lipinski definition) is 3. The van der Waals surface area contributed by atoms with Gasteiger partial charge in [-0.05, 0) is 11.8 Å². The van der Waals surface area contributed by atoms with Crippen molar-refractivity contribution in [2.24, 2.45) is 23.5 Å². The first-order chi connectivity index (χ1) is 8.95. The summed E-state index contributed by atoms with van der Waals surface area (Å²) in [5.74, 6) is 0.762. The van der Waals surface area contributed by atoms with Crippen LogP contribution in [-0.2, 0) is 17.9 Å². The Morgan fingerprint density at radius 1 is 1.53 bits per heavy atom. The Morgan fingerprint density at radius 3 is 2.84 bits per heavy atom. The van der Waals surface area contributed by atoms with Crippen molar-refractivity contribution in [3.05, 3.63) is 18.0 Å². The van der Waals surface area contributed by atoms with Crippen LogP contribution in [0, 0.1) is 17.8 Å². The fourth-order valence-corrected chi connectivity index (χ4v) is 2.79. The Balaban J connectivity index is 1.92. The minimum Gasteiger partial charge on any atom is -0.369 e. The van der Waals surface area contributed by atoms with Gasteiger partial charge in [-0.3, -0.25) is 14.4 Å². The second-order valence-electron chi connectivity index (χ2n) is 6.14. The number of carbonyl (C=O) groups is 1. The molecule has 1 amide bonds. The third-order valence-corrected chi connectivity index (χ3v) is 3.70. The Kier molecular flexibility index (Phi) is 4.24. The van der Waals surface area contributed by atoms with E-state index in [-0.39, 0.29) is 11.8 Å². The summed E-state index contributed by atoms with van der Waals surface area (Å²) in [4.78, 5) is 13.6. The van der Waals surface area contributed by atoms with E-state index in [0.29, 0.717) is 11.8 Å². The van der Waals surface area contributed by atoms with Crippen LogP contribution in [0.15, 0.2) is 12.4 Å². The molecule has 1 aromatic rings. The van der Waals surface area contributed by atoms with Crippen molar-refractivity contribution in [1.82, 2.24) is 14.7 Å². The third kappa shape index (κ3) is 3.56. The highest BCUT2D eigenvalue weighted by Crippen LogP contribution is 2.24. The van der Waals surface area contributed by atoms with Crippen molar-refractivity contribution in [3.63, 3.8) is 0 Å². The van der Waals surface area contributed by atoms with E-state index in [2.05, 4.69) is 37.0 Å². The Bertz CT molecular complexity index is 440. The van der Waals surface area contributed by atoms with E-state index in [9.17, 15) is 4.79 Å². The van der Waals surface area contributed by atoms with Crippen molar-refractivity contribution >= 4 is 5.91 Å². The van der Waals surface area contributed by atoms with E-state index >= 15 is 0 Å². The predicted octanol–water partition coefficient (Wildman–Crippen LogP) is 1.09. The average Bonchev–Trinajstić information content (AvgIpc) is 2.85. The molecule has 1 aliphatic rings. The summed E-state index contributed by atoms with van der Waals surface area (Å²) in [5, 5.41) is 4.37. The van der Waals surface area contributed by atoms with Crippen LogP contribution >= 0.6 is 0 Å². The van der Waals surface area contributed by atoms with Crippen LogP contribution in [0.5, 0.6) is 0 Å². The summed E-state index contributed by atoms with van der Waals surface area (Å²) in [5.41, 5.74) is 6.63. The van der Waals surface area contributed by atoms with Crippen LogP contribution in [0.3, 0.4) is 0 Å². The molecule has 1 aliphatic heterocycles. The third-order valence-electron chi connectivity index (χ3n) is 3.70. The fraction of sp³-hybridized carbons (Fsp3) is 0.714. The van der Waals surface area contributed by atoms with Crippen LogP contribution in [0.25, 0.3) is 0 Å². The second-order valence-corrected chi connectivity index (χ2v) is 6.14. The highest BCUT2D eigenvalue weighted by molar-refractivity contribution is 5.77. The number of carbonyl (C=O) groups excluding carboxylic acids is 1. The fourth-order valence-electron chi connectivity index (χ4n) is 2.79. The van der Waals surface area contributed by atoms with Gasteiger partial charge in [0.25, 0.3) is 0 Å². The molecule has 0 saturated carbocycles. The van der Waals surface area contributed by atoms with E-state index in [4.69, 9.17) is 5.73 Å². The van der Waals surface area contributed by atoms with Crippen LogP contribution in [-0.4, -0.2) is 33.7 Å². The number of hydrogen-bond donors (Lipinski definition) is 1. The Labute approximate surface area is 114 Å². The van der Waals surface area contributed by atoms with Gasteiger partial charge in [-0.1, -0.05) is 20.8 Å². The van der Waals surface area contributed by atoms with E-state index in [1.807, 2.05) is 10.9 Å². The second kappa shape index (κ2) is 5.74. The maximum Gasteiger partial charge on any atom is 0.222 e. The van der Waals surface area contributed by atoms with Crippen LogP contribution in [0.2, 0.25) is 0 Å². The summed E-state index contributed by atoms with van der Waals surface area (Å²) >= 11 is 0. The summed E-state index contributed by atoms with van der Waals surface area (Å²) in [6, 6.07) is 0. The molecule has 1 aromatic heterocycles. The molecule has 2 N–H and O–H groups in total. The van der Waals surface area contributed by atoms with E-state index in [0.717, 1.165) is 26.2 Å². The number of nitrogens with two attached hydrogens (primary N) is 1. The van der Waals surface area contributed by atoms with Gasteiger partial charge in [-0.25, -0.2) is 0 Å². The molecule has 0 aromatic carbocycles. The number of likely N-dealkylation sites (tertiary alicyclic amines) is 1. The average molecular weight is 264 g/mol. The molecule has 0 aliphatic carbocycles. The maximum atomic E-state index is 11.3. The summed E-state index contributed by atoms with van der Waals surface area (Å²) in [6.45, 7) is 9.96. The van der Waals surface area contributed by atoms with Crippen molar-refractivity contribution in [2.45, 2.75) is 33.9 Å². The molecule has 0 bridgehead atoms. The zero-order chi connectivity index (χ0) is 14.0. The molecular formula is C14H24N4O. The summed E-state index contributed by atoms with van der Waals surface area (Å²) in [6.07, 6.45) is 4.02. The van der Waals surface area contributed by atoms with Gasteiger partial charge in [-0.2, -0.15) is 5.10 Å². The van der Waals surface area contributed by atoms with Crippen LogP contribution < -0.4 is 5.73 Å². The first-order valence-corrected chi connectivity index (χ1v) is 6.98. The van der Waals surface area contributed by atoms with Crippen molar-refractivity contribution in [3.8, 4) is 0 Å². The first-order valence-electron chi connectivity index (χ1n) is 6.98. The molecule has 2 atom stereocenters. The van der Waals surface area contributed by atoms with E-state index in [1.54, 1.807) is 0 Å². The molecule has 0 radical (unpaired) electrons. The monoisotopic (exact) mass is 264 g/mol. The van der Waals surface area contributed by atoms with Gasteiger partial charge in [0.15, 0.2) is 0 Å². The number of aromatic nitrogens is 2. The van der Waals surface area contributed by atoms with Gasteiger partial charge in [0.2, 0.25) is 5.91 Å². The zero-order valence-corrected chi connectivity index (χ0v) is 12.0. The first kappa shape index (κ1) is 14.1. The van der Waals surface area contributed by atoms with Gasteiger partial charge in [-0.15, -0.1) is 0 Å². The molecule has 0 unspecified atom stereocenters. The maximum absolute atomic E-state index is 11.3. The molecule has 5 nitrogen and oxygen atoms in total. The Morgan fingerprint density at radius 2 is 2.26 bits per heavy atom. The topological polar surface area (TPSA) is 64.2 Å². The molecule has 0 spiro atoms. The largest absolute Gasteiger partial charge is 0.369 e. The summed E-state index contributed by atoms with van der Waals surface area (Å²) in [7, 11) is 0. The SMILES string of the molecule is CC(C)Cn1cc(CN2C[C@@H](C)[C@H](C(N)=O)C2)cn1. The lowest BCUT2D eigenvalue weighted by molar-refractivity contribution is -0.122. The normalized spacial score (nSPS) is 24.2. The zero-order valence-electron chi connectivity index (χ0n) is 12.0. The minimum atomic E-state index is -0.175. The number of nitrogens with zero attached hydrogens (tertiary/aromatic N) is 3. The van der Waals surface area contributed by atoms with Crippen molar-refractivity contribution < 1.29 is 4.79 Å². The highest BCUT2D eigenvalue weighted by Gasteiger charge is 2.33. The number of rotatable bonds is 5.